The van der Waals surface area contributed by atoms with Gasteiger partial charge in [-0.15, -0.1) is 0 Å². The first kappa shape index (κ1) is 15.3. The van der Waals surface area contributed by atoms with Gasteiger partial charge in [0.2, 0.25) is 0 Å². The number of hydrogen-bond donors (Lipinski definition) is 1. The fourth-order valence-electron chi connectivity index (χ4n) is 2.69. The van der Waals surface area contributed by atoms with Crippen LogP contribution in [0, 0.1) is 0 Å². The molecular formula is C15H23NO3S. The predicted octanol–water partition coefficient (Wildman–Crippen LogP) is 2.31. The van der Waals surface area contributed by atoms with E-state index < -0.39 is 15.1 Å². The largest absolute Gasteiger partial charge is 0.492 e. The lowest BCUT2D eigenvalue weighted by Crippen LogP contribution is -2.43. The lowest BCUT2D eigenvalue weighted by Gasteiger charge is -2.33. The van der Waals surface area contributed by atoms with Crippen LogP contribution >= 0.6 is 0 Å². The van der Waals surface area contributed by atoms with Gasteiger partial charge in [-0.2, -0.15) is 0 Å². The van der Waals surface area contributed by atoms with Crippen molar-refractivity contribution in [2.45, 2.75) is 37.5 Å². The SMILES string of the molecule is CCCCCS(=O)(=O)C1COc2ccccc2C1NC. The first-order valence-corrected chi connectivity index (χ1v) is 8.92. The molecule has 0 radical (unpaired) electrons. The zero-order valence-corrected chi connectivity index (χ0v) is 12.9. The van der Waals surface area contributed by atoms with Crippen LogP contribution in [0.2, 0.25) is 0 Å². The molecule has 0 aromatic heterocycles. The Balaban J connectivity index is 2.21. The first-order chi connectivity index (χ1) is 9.60. The molecule has 20 heavy (non-hydrogen) atoms. The number of fused-ring (bicyclic) bond motifs is 1. The number of ether oxygens (including phenoxy) is 1. The predicted molar refractivity (Wildman–Crippen MR) is 80.8 cm³/mol. The molecule has 2 atom stereocenters. The second-order valence-corrected chi connectivity index (χ2v) is 7.57. The van der Waals surface area contributed by atoms with Crippen molar-refractivity contribution < 1.29 is 13.2 Å². The van der Waals surface area contributed by atoms with Crippen molar-refractivity contribution >= 4 is 9.84 Å². The average Bonchev–Trinajstić information content (AvgIpc) is 2.46. The first-order valence-electron chi connectivity index (χ1n) is 7.20. The molecule has 0 fully saturated rings. The van der Waals surface area contributed by atoms with E-state index >= 15 is 0 Å². The molecule has 1 N–H and O–H groups in total. The Morgan fingerprint density at radius 3 is 2.75 bits per heavy atom. The van der Waals surface area contributed by atoms with E-state index in [2.05, 4.69) is 12.2 Å². The van der Waals surface area contributed by atoms with Crippen LogP contribution in [0.3, 0.4) is 0 Å². The number of para-hydroxylation sites is 1. The van der Waals surface area contributed by atoms with Crippen molar-refractivity contribution in [2.24, 2.45) is 0 Å². The van der Waals surface area contributed by atoms with Crippen molar-refractivity contribution in [3.8, 4) is 5.75 Å². The van der Waals surface area contributed by atoms with E-state index in [1.165, 1.54) is 0 Å². The second-order valence-electron chi connectivity index (χ2n) is 5.23. The van der Waals surface area contributed by atoms with Crippen LogP contribution in [0.1, 0.15) is 37.8 Å². The molecule has 0 amide bonds. The monoisotopic (exact) mass is 297 g/mol. The van der Waals surface area contributed by atoms with Crippen molar-refractivity contribution in [2.75, 3.05) is 19.4 Å². The summed E-state index contributed by atoms with van der Waals surface area (Å²) in [4.78, 5) is 0. The highest BCUT2D eigenvalue weighted by Crippen LogP contribution is 2.35. The van der Waals surface area contributed by atoms with Crippen LogP contribution in [0.4, 0.5) is 0 Å². The highest BCUT2D eigenvalue weighted by Gasteiger charge is 2.38. The maximum Gasteiger partial charge on any atom is 0.158 e. The fraction of sp³-hybridized carbons (Fsp3) is 0.600. The van der Waals surface area contributed by atoms with Crippen LogP contribution < -0.4 is 10.1 Å². The van der Waals surface area contributed by atoms with E-state index in [0.29, 0.717) is 0 Å². The van der Waals surface area contributed by atoms with Gasteiger partial charge in [0.05, 0.1) is 11.8 Å². The van der Waals surface area contributed by atoms with E-state index in [0.717, 1.165) is 30.6 Å². The smallest absolute Gasteiger partial charge is 0.158 e. The third-order valence-electron chi connectivity index (χ3n) is 3.83. The van der Waals surface area contributed by atoms with Crippen molar-refractivity contribution in [3.05, 3.63) is 29.8 Å². The number of hydrogen-bond acceptors (Lipinski definition) is 4. The topological polar surface area (TPSA) is 55.4 Å². The Labute approximate surface area is 121 Å². The zero-order valence-electron chi connectivity index (χ0n) is 12.1. The quantitative estimate of drug-likeness (QED) is 0.819. The lowest BCUT2D eigenvalue weighted by molar-refractivity contribution is 0.259. The summed E-state index contributed by atoms with van der Waals surface area (Å²) in [5.41, 5.74) is 0.935. The van der Waals surface area contributed by atoms with Crippen molar-refractivity contribution in [1.82, 2.24) is 5.32 Å². The molecule has 2 rings (SSSR count). The molecule has 0 aliphatic carbocycles. The van der Waals surface area contributed by atoms with Crippen LogP contribution in [-0.2, 0) is 9.84 Å². The third kappa shape index (κ3) is 3.15. The van der Waals surface area contributed by atoms with E-state index in [1.807, 2.05) is 24.3 Å². The Morgan fingerprint density at radius 2 is 2.05 bits per heavy atom. The number of sulfone groups is 1. The second kappa shape index (κ2) is 6.59. The Hall–Kier alpha value is -1.07. The maximum absolute atomic E-state index is 12.5. The summed E-state index contributed by atoms with van der Waals surface area (Å²) in [6.45, 7) is 2.31. The molecule has 0 spiro atoms. The molecular weight excluding hydrogens is 274 g/mol. The van der Waals surface area contributed by atoms with Crippen molar-refractivity contribution in [3.63, 3.8) is 0 Å². The summed E-state index contributed by atoms with van der Waals surface area (Å²) in [6.07, 6.45) is 2.70. The van der Waals surface area contributed by atoms with Gasteiger partial charge in [-0.3, -0.25) is 0 Å². The highest BCUT2D eigenvalue weighted by molar-refractivity contribution is 7.92. The lowest BCUT2D eigenvalue weighted by atomic mass is 10.0. The molecule has 5 heteroatoms. The Kier molecular flexibility index (Phi) is 5.05. The molecule has 0 saturated carbocycles. The maximum atomic E-state index is 12.5. The van der Waals surface area contributed by atoms with Crippen LogP contribution in [0.5, 0.6) is 5.75 Å². The molecule has 112 valence electrons. The van der Waals surface area contributed by atoms with Gasteiger partial charge in [-0.05, 0) is 19.5 Å². The van der Waals surface area contributed by atoms with Gasteiger partial charge < -0.3 is 10.1 Å². The normalized spacial score (nSPS) is 22.1. The summed E-state index contributed by atoms with van der Waals surface area (Å²) >= 11 is 0. The molecule has 1 aromatic carbocycles. The van der Waals surface area contributed by atoms with E-state index in [4.69, 9.17) is 4.74 Å². The van der Waals surface area contributed by atoms with E-state index in [-0.39, 0.29) is 18.4 Å². The summed E-state index contributed by atoms with van der Waals surface area (Å²) in [6, 6.07) is 7.45. The molecule has 1 heterocycles. The van der Waals surface area contributed by atoms with Gasteiger partial charge in [0.15, 0.2) is 9.84 Å². The average molecular weight is 297 g/mol. The molecule has 1 aliphatic heterocycles. The number of unbranched alkanes of at least 4 members (excludes halogenated alkanes) is 2. The van der Waals surface area contributed by atoms with Gasteiger partial charge in [0.25, 0.3) is 0 Å². The van der Waals surface area contributed by atoms with Gasteiger partial charge in [-0.1, -0.05) is 38.0 Å². The summed E-state index contributed by atoms with van der Waals surface area (Å²) in [5, 5.41) is 2.65. The van der Waals surface area contributed by atoms with Gasteiger partial charge in [0.1, 0.15) is 17.6 Å². The molecule has 0 saturated heterocycles. The number of nitrogens with one attached hydrogen (secondary N) is 1. The Bertz CT molecular complexity index is 542. The third-order valence-corrected chi connectivity index (χ3v) is 6.02. The summed E-state index contributed by atoms with van der Waals surface area (Å²) < 4.78 is 30.7. The zero-order chi connectivity index (χ0) is 14.6. The van der Waals surface area contributed by atoms with E-state index in [9.17, 15) is 8.42 Å². The van der Waals surface area contributed by atoms with Crippen LogP contribution in [-0.4, -0.2) is 33.1 Å². The van der Waals surface area contributed by atoms with E-state index in [1.54, 1.807) is 7.05 Å². The van der Waals surface area contributed by atoms with Crippen LogP contribution in [0.15, 0.2) is 24.3 Å². The highest BCUT2D eigenvalue weighted by atomic mass is 32.2. The minimum absolute atomic E-state index is 0.188. The minimum atomic E-state index is -3.15. The van der Waals surface area contributed by atoms with Crippen LogP contribution in [0.25, 0.3) is 0 Å². The Morgan fingerprint density at radius 1 is 1.30 bits per heavy atom. The number of benzene rings is 1. The van der Waals surface area contributed by atoms with Gasteiger partial charge in [-0.25, -0.2) is 8.42 Å². The fourth-order valence-corrected chi connectivity index (χ4v) is 4.58. The molecule has 1 aromatic rings. The molecule has 2 unspecified atom stereocenters. The number of rotatable bonds is 6. The molecule has 0 bridgehead atoms. The molecule has 4 nitrogen and oxygen atoms in total. The standard InChI is InChI=1S/C15H23NO3S/c1-3-4-7-10-20(17,18)14-11-19-13-9-6-5-8-12(13)15(14)16-2/h5-6,8-9,14-16H,3-4,7,10-11H2,1-2H3. The van der Waals surface area contributed by atoms with Gasteiger partial charge >= 0.3 is 0 Å². The molecule has 1 aliphatic rings. The minimum Gasteiger partial charge on any atom is -0.492 e. The van der Waals surface area contributed by atoms with Crippen molar-refractivity contribution in [1.29, 1.82) is 0 Å². The van der Waals surface area contributed by atoms with Gasteiger partial charge in [0, 0.05) is 5.56 Å². The summed E-state index contributed by atoms with van der Waals surface area (Å²) in [5.74, 6) is 1.03. The summed E-state index contributed by atoms with van der Waals surface area (Å²) in [7, 11) is -1.34.